The Bertz CT molecular complexity index is 556. The minimum atomic E-state index is 0.139. The molecular formula is C18H26N2. The molecule has 1 aromatic heterocycles. The van der Waals surface area contributed by atoms with Crippen LogP contribution in [0.1, 0.15) is 56.8 Å². The van der Waals surface area contributed by atoms with Gasteiger partial charge < -0.3 is 5.73 Å². The van der Waals surface area contributed by atoms with Gasteiger partial charge in [-0.25, -0.2) is 0 Å². The van der Waals surface area contributed by atoms with Crippen LogP contribution in [-0.2, 0) is 0 Å². The molecule has 0 bridgehead atoms. The number of pyridine rings is 1. The van der Waals surface area contributed by atoms with Crippen LogP contribution < -0.4 is 5.73 Å². The Kier molecular flexibility index (Phi) is 5.13. The molecule has 2 heteroatoms. The maximum absolute atomic E-state index is 6.51. The summed E-state index contributed by atoms with van der Waals surface area (Å²) in [7, 11) is 0. The van der Waals surface area contributed by atoms with Gasteiger partial charge in [-0.15, -0.1) is 0 Å². The number of nitrogens with two attached hydrogens (primary N) is 1. The van der Waals surface area contributed by atoms with Gasteiger partial charge >= 0.3 is 0 Å². The standard InChI is InChI=1S/C18H26N2/c1-4-6-14(7-5-2)18(19)16-10-11-17-15(12-16)9-8-13(3)20-17/h8-12,14,18H,4-7,19H2,1-3H3. The van der Waals surface area contributed by atoms with E-state index in [-0.39, 0.29) is 6.04 Å². The van der Waals surface area contributed by atoms with Crippen LogP contribution >= 0.6 is 0 Å². The molecule has 0 spiro atoms. The van der Waals surface area contributed by atoms with Crippen molar-refractivity contribution in [1.82, 2.24) is 4.98 Å². The normalized spacial score (nSPS) is 13.1. The highest BCUT2D eigenvalue weighted by molar-refractivity contribution is 5.79. The van der Waals surface area contributed by atoms with Crippen molar-refractivity contribution in [3.63, 3.8) is 0 Å². The van der Waals surface area contributed by atoms with Crippen LogP contribution in [0.4, 0.5) is 0 Å². The van der Waals surface area contributed by atoms with Crippen molar-refractivity contribution in [2.45, 2.75) is 52.5 Å². The van der Waals surface area contributed by atoms with Crippen LogP contribution in [0.2, 0.25) is 0 Å². The second kappa shape index (κ2) is 6.85. The molecule has 0 aliphatic carbocycles. The van der Waals surface area contributed by atoms with E-state index in [0.717, 1.165) is 11.2 Å². The summed E-state index contributed by atoms with van der Waals surface area (Å²) in [6.07, 6.45) is 4.82. The second-order valence-corrected chi connectivity index (χ2v) is 5.77. The fourth-order valence-corrected chi connectivity index (χ4v) is 2.97. The van der Waals surface area contributed by atoms with Crippen molar-refractivity contribution >= 4 is 10.9 Å². The molecule has 0 amide bonds. The van der Waals surface area contributed by atoms with Crippen molar-refractivity contribution < 1.29 is 0 Å². The van der Waals surface area contributed by atoms with Gasteiger partial charge in [0.15, 0.2) is 0 Å². The third kappa shape index (κ3) is 3.37. The van der Waals surface area contributed by atoms with Crippen molar-refractivity contribution in [3.8, 4) is 0 Å². The molecule has 1 unspecified atom stereocenters. The van der Waals surface area contributed by atoms with Crippen LogP contribution in [-0.4, -0.2) is 4.98 Å². The van der Waals surface area contributed by atoms with E-state index >= 15 is 0 Å². The zero-order chi connectivity index (χ0) is 14.5. The molecule has 0 radical (unpaired) electrons. The summed E-state index contributed by atoms with van der Waals surface area (Å²) in [4.78, 5) is 4.55. The Morgan fingerprint density at radius 3 is 2.40 bits per heavy atom. The second-order valence-electron chi connectivity index (χ2n) is 5.77. The zero-order valence-electron chi connectivity index (χ0n) is 12.9. The number of rotatable bonds is 6. The zero-order valence-corrected chi connectivity index (χ0v) is 12.9. The average molecular weight is 270 g/mol. The molecule has 0 saturated heterocycles. The maximum atomic E-state index is 6.51. The Labute approximate surface area is 122 Å². The number of nitrogens with zero attached hydrogens (tertiary/aromatic N) is 1. The molecule has 2 aromatic rings. The minimum absolute atomic E-state index is 0.139. The molecule has 20 heavy (non-hydrogen) atoms. The van der Waals surface area contributed by atoms with Gasteiger partial charge in [0.1, 0.15) is 0 Å². The van der Waals surface area contributed by atoms with Crippen LogP contribution in [0.3, 0.4) is 0 Å². The molecule has 0 aliphatic rings. The predicted molar refractivity (Wildman–Crippen MR) is 86.7 cm³/mol. The molecule has 0 aliphatic heterocycles. The minimum Gasteiger partial charge on any atom is -0.324 e. The summed E-state index contributed by atoms with van der Waals surface area (Å²) in [5.74, 6) is 0.584. The van der Waals surface area contributed by atoms with Gasteiger partial charge in [-0.2, -0.15) is 0 Å². The summed E-state index contributed by atoms with van der Waals surface area (Å²) in [6.45, 7) is 6.50. The number of fused-ring (bicyclic) bond motifs is 1. The Hall–Kier alpha value is -1.41. The average Bonchev–Trinajstić information content (AvgIpc) is 2.45. The lowest BCUT2D eigenvalue weighted by Gasteiger charge is -2.23. The number of aromatic nitrogens is 1. The van der Waals surface area contributed by atoms with E-state index < -0.39 is 0 Å². The lowest BCUT2D eigenvalue weighted by atomic mass is 9.86. The quantitative estimate of drug-likeness (QED) is 0.822. The lowest BCUT2D eigenvalue weighted by Crippen LogP contribution is -2.21. The Morgan fingerprint density at radius 1 is 1.05 bits per heavy atom. The lowest BCUT2D eigenvalue weighted by molar-refractivity contribution is 0.369. The van der Waals surface area contributed by atoms with Crippen LogP contribution in [0, 0.1) is 12.8 Å². The summed E-state index contributed by atoms with van der Waals surface area (Å²) in [6, 6.07) is 10.8. The maximum Gasteiger partial charge on any atom is 0.0705 e. The number of hydrogen-bond donors (Lipinski definition) is 1. The first kappa shape index (κ1) is 15.0. The SMILES string of the molecule is CCCC(CCC)C(N)c1ccc2nc(C)ccc2c1. The number of benzene rings is 1. The highest BCUT2D eigenvalue weighted by Crippen LogP contribution is 2.29. The van der Waals surface area contributed by atoms with Crippen molar-refractivity contribution in [3.05, 3.63) is 41.6 Å². The van der Waals surface area contributed by atoms with Gasteiger partial charge in [-0.05, 0) is 49.4 Å². The molecule has 1 aromatic carbocycles. The molecule has 0 fully saturated rings. The van der Waals surface area contributed by atoms with E-state index in [4.69, 9.17) is 5.73 Å². The van der Waals surface area contributed by atoms with Crippen LogP contribution in [0.15, 0.2) is 30.3 Å². The summed E-state index contributed by atoms with van der Waals surface area (Å²) >= 11 is 0. The van der Waals surface area contributed by atoms with Gasteiger partial charge in [0.25, 0.3) is 0 Å². The van der Waals surface area contributed by atoms with E-state index in [1.165, 1.54) is 36.6 Å². The molecule has 108 valence electrons. The summed E-state index contributed by atoms with van der Waals surface area (Å²) in [5.41, 5.74) is 9.88. The third-order valence-corrected chi connectivity index (χ3v) is 4.06. The molecular weight excluding hydrogens is 244 g/mol. The highest BCUT2D eigenvalue weighted by atomic mass is 14.7. The van der Waals surface area contributed by atoms with Gasteiger partial charge in [-0.3, -0.25) is 4.98 Å². The fourth-order valence-electron chi connectivity index (χ4n) is 2.97. The monoisotopic (exact) mass is 270 g/mol. The van der Waals surface area contributed by atoms with E-state index in [9.17, 15) is 0 Å². The van der Waals surface area contributed by atoms with Crippen LogP contribution in [0.25, 0.3) is 10.9 Å². The first-order chi connectivity index (χ1) is 9.65. The number of hydrogen-bond acceptors (Lipinski definition) is 2. The fraction of sp³-hybridized carbons (Fsp3) is 0.500. The van der Waals surface area contributed by atoms with Crippen molar-refractivity contribution in [2.75, 3.05) is 0 Å². The predicted octanol–water partition coefficient (Wildman–Crippen LogP) is 4.76. The number of aryl methyl sites for hydroxylation is 1. The van der Waals surface area contributed by atoms with Gasteiger partial charge in [-0.1, -0.05) is 38.8 Å². The summed E-state index contributed by atoms with van der Waals surface area (Å²) in [5, 5.41) is 1.19. The van der Waals surface area contributed by atoms with Gasteiger partial charge in [0.2, 0.25) is 0 Å². The first-order valence-electron chi connectivity index (χ1n) is 7.78. The molecule has 1 heterocycles. The van der Waals surface area contributed by atoms with Crippen molar-refractivity contribution in [2.24, 2.45) is 11.7 Å². The van der Waals surface area contributed by atoms with Gasteiger partial charge in [0, 0.05) is 17.1 Å². The highest BCUT2D eigenvalue weighted by Gasteiger charge is 2.18. The molecule has 2 nitrogen and oxygen atoms in total. The first-order valence-corrected chi connectivity index (χ1v) is 7.78. The largest absolute Gasteiger partial charge is 0.324 e. The third-order valence-electron chi connectivity index (χ3n) is 4.06. The van der Waals surface area contributed by atoms with Gasteiger partial charge in [0.05, 0.1) is 5.52 Å². The van der Waals surface area contributed by atoms with E-state index in [1.807, 2.05) is 6.92 Å². The Balaban J connectivity index is 2.28. The molecule has 0 saturated carbocycles. The summed E-state index contributed by atoms with van der Waals surface area (Å²) < 4.78 is 0. The molecule has 2 rings (SSSR count). The van der Waals surface area contributed by atoms with E-state index in [2.05, 4.69) is 49.2 Å². The smallest absolute Gasteiger partial charge is 0.0705 e. The van der Waals surface area contributed by atoms with Crippen LogP contribution in [0.5, 0.6) is 0 Å². The van der Waals surface area contributed by atoms with Crippen molar-refractivity contribution in [1.29, 1.82) is 0 Å². The topological polar surface area (TPSA) is 38.9 Å². The molecule has 1 atom stereocenters. The Morgan fingerprint density at radius 2 is 1.75 bits per heavy atom. The van der Waals surface area contributed by atoms with E-state index in [1.54, 1.807) is 0 Å². The molecule has 2 N–H and O–H groups in total. The van der Waals surface area contributed by atoms with E-state index in [0.29, 0.717) is 5.92 Å².